The molecule has 1 saturated carbocycles. The molecule has 2 amide bonds. The molecule has 0 spiro atoms. The molecular weight excluding hydrogens is 457 g/mol. The third-order valence-corrected chi connectivity index (χ3v) is 7.73. The van der Waals surface area contributed by atoms with Gasteiger partial charge in [-0.1, -0.05) is 24.3 Å². The van der Waals surface area contributed by atoms with Crippen LogP contribution in [0.25, 0.3) is 21.8 Å². The first-order valence-corrected chi connectivity index (χ1v) is 12.4. The van der Waals surface area contributed by atoms with E-state index in [1.54, 1.807) is 12.3 Å². The minimum Gasteiger partial charge on any atom is -0.369 e. The van der Waals surface area contributed by atoms with E-state index in [-0.39, 0.29) is 23.7 Å². The number of nitrogens with one attached hydrogen (secondary N) is 2. The lowest BCUT2D eigenvalue weighted by atomic mass is 9.98. The number of aromatic amines is 1. The topological polar surface area (TPSA) is 104 Å². The third-order valence-electron chi connectivity index (χ3n) is 7.73. The van der Waals surface area contributed by atoms with E-state index >= 15 is 0 Å². The van der Waals surface area contributed by atoms with Crippen LogP contribution in [0.5, 0.6) is 0 Å². The monoisotopic (exact) mass is 485 g/mol. The van der Waals surface area contributed by atoms with Crippen molar-refractivity contribution < 1.29 is 14.0 Å². The number of halogens is 1. The molecule has 1 saturated heterocycles. The van der Waals surface area contributed by atoms with Gasteiger partial charge in [-0.15, -0.1) is 0 Å². The summed E-state index contributed by atoms with van der Waals surface area (Å²) in [5.74, 6) is -0.636. The summed E-state index contributed by atoms with van der Waals surface area (Å²) >= 11 is 0. The molecule has 0 atom stereocenters. The van der Waals surface area contributed by atoms with Crippen LogP contribution >= 0.6 is 0 Å². The van der Waals surface area contributed by atoms with Gasteiger partial charge in [-0.05, 0) is 49.9 Å². The van der Waals surface area contributed by atoms with Crippen molar-refractivity contribution in [2.75, 3.05) is 13.1 Å². The Hall–Kier alpha value is -3.78. The van der Waals surface area contributed by atoms with E-state index in [1.165, 1.54) is 6.07 Å². The van der Waals surface area contributed by atoms with Crippen molar-refractivity contribution in [3.05, 3.63) is 77.4 Å². The summed E-state index contributed by atoms with van der Waals surface area (Å²) in [5.41, 5.74) is 8.60. The Labute approximate surface area is 207 Å². The highest BCUT2D eigenvalue weighted by atomic mass is 19.1. The van der Waals surface area contributed by atoms with E-state index in [1.807, 2.05) is 36.4 Å². The Balaban J connectivity index is 1.16. The molecule has 1 aliphatic carbocycles. The maximum absolute atomic E-state index is 14.0. The van der Waals surface area contributed by atoms with Crippen molar-refractivity contribution >= 4 is 33.6 Å². The molecule has 7 nitrogen and oxygen atoms in total. The number of fused-ring (bicyclic) bond motifs is 3. The first-order valence-electron chi connectivity index (χ1n) is 12.4. The van der Waals surface area contributed by atoms with Gasteiger partial charge < -0.3 is 16.0 Å². The predicted octanol–water partition coefficient (Wildman–Crippen LogP) is 3.77. The Kier molecular flexibility index (Phi) is 5.48. The number of hydrogen-bond acceptors (Lipinski definition) is 4. The number of nitrogens with zero attached hydrogens (tertiary/aromatic N) is 2. The highest BCUT2D eigenvalue weighted by molar-refractivity contribution is 6.11. The molecule has 2 aliphatic rings. The van der Waals surface area contributed by atoms with Crippen molar-refractivity contribution in [2.45, 2.75) is 43.7 Å². The van der Waals surface area contributed by atoms with Gasteiger partial charge in [0, 0.05) is 59.3 Å². The largest absolute Gasteiger partial charge is 0.369 e. The first kappa shape index (κ1) is 22.7. The number of amides is 2. The number of benzene rings is 2. The number of piperidine rings is 1. The van der Waals surface area contributed by atoms with Crippen LogP contribution in [-0.4, -0.2) is 45.8 Å². The maximum Gasteiger partial charge on any atom is 0.251 e. The molecular formula is C28H28FN5O2. The summed E-state index contributed by atoms with van der Waals surface area (Å²) in [4.78, 5) is 35.3. The SMILES string of the molecule is NC(=O)C1(c2nccc3c2[nH]c2cc(C(=O)NC4CCN(Cc5ccccc5F)CC4)ccc23)CC1. The fourth-order valence-corrected chi connectivity index (χ4v) is 5.43. The fourth-order valence-electron chi connectivity index (χ4n) is 5.43. The molecule has 0 radical (unpaired) electrons. The number of nitrogens with two attached hydrogens (primary N) is 1. The van der Waals surface area contributed by atoms with Crippen LogP contribution in [0.15, 0.2) is 54.7 Å². The second-order valence-corrected chi connectivity index (χ2v) is 10.0. The van der Waals surface area contributed by atoms with E-state index in [9.17, 15) is 14.0 Å². The van der Waals surface area contributed by atoms with Gasteiger partial charge in [0.1, 0.15) is 5.82 Å². The van der Waals surface area contributed by atoms with E-state index in [2.05, 4.69) is 20.2 Å². The van der Waals surface area contributed by atoms with Crippen LogP contribution in [0.2, 0.25) is 0 Å². The van der Waals surface area contributed by atoms with Gasteiger partial charge >= 0.3 is 0 Å². The lowest BCUT2D eigenvalue weighted by Crippen LogP contribution is -2.44. The molecule has 0 bridgehead atoms. The molecule has 6 rings (SSSR count). The molecule has 3 heterocycles. The first-order chi connectivity index (χ1) is 17.4. The molecule has 36 heavy (non-hydrogen) atoms. The summed E-state index contributed by atoms with van der Waals surface area (Å²) in [6, 6.07) is 14.5. The van der Waals surface area contributed by atoms with Crippen LogP contribution < -0.4 is 11.1 Å². The van der Waals surface area contributed by atoms with Crippen LogP contribution in [0.4, 0.5) is 4.39 Å². The number of primary amides is 1. The summed E-state index contributed by atoms with van der Waals surface area (Å²) in [6.45, 7) is 2.19. The zero-order chi connectivity index (χ0) is 24.9. The van der Waals surface area contributed by atoms with Gasteiger partial charge in [-0.25, -0.2) is 4.39 Å². The summed E-state index contributed by atoms with van der Waals surface area (Å²) < 4.78 is 14.0. The quantitative estimate of drug-likeness (QED) is 0.387. The molecule has 184 valence electrons. The molecule has 2 fully saturated rings. The molecule has 2 aromatic heterocycles. The predicted molar refractivity (Wildman–Crippen MR) is 136 cm³/mol. The number of rotatable bonds is 6. The van der Waals surface area contributed by atoms with Crippen molar-refractivity contribution in [2.24, 2.45) is 5.73 Å². The van der Waals surface area contributed by atoms with Crippen molar-refractivity contribution in [1.82, 2.24) is 20.2 Å². The van der Waals surface area contributed by atoms with Gasteiger partial charge in [0.15, 0.2) is 0 Å². The lowest BCUT2D eigenvalue weighted by Gasteiger charge is -2.32. The van der Waals surface area contributed by atoms with Gasteiger partial charge in [-0.3, -0.25) is 19.5 Å². The minimum atomic E-state index is -0.693. The number of aromatic nitrogens is 2. The Morgan fingerprint density at radius 1 is 1.11 bits per heavy atom. The Morgan fingerprint density at radius 3 is 2.61 bits per heavy atom. The zero-order valence-corrected chi connectivity index (χ0v) is 19.9. The Morgan fingerprint density at radius 2 is 1.89 bits per heavy atom. The fraction of sp³-hybridized carbons (Fsp3) is 0.321. The van der Waals surface area contributed by atoms with E-state index in [0.717, 1.165) is 47.7 Å². The van der Waals surface area contributed by atoms with Gasteiger partial charge in [-0.2, -0.15) is 0 Å². The number of carbonyl (C=O) groups is 2. The molecule has 4 N–H and O–H groups in total. The highest BCUT2D eigenvalue weighted by Gasteiger charge is 2.52. The second kappa shape index (κ2) is 8.71. The van der Waals surface area contributed by atoms with E-state index < -0.39 is 5.41 Å². The van der Waals surface area contributed by atoms with E-state index in [0.29, 0.717) is 36.2 Å². The maximum atomic E-state index is 14.0. The minimum absolute atomic E-state index is 0.0777. The number of H-pyrrole nitrogens is 1. The Bertz CT molecular complexity index is 1480. The number of hydrogen-bond donors (Lipinski definition) is 3. The van der Waals surface area contributed by atoms with Gasteiger partial charge in [0.25, 0.3) is 5.91 Å². The highest BCUT2D eigenvalue weighted by Crippen LogP contribution is 2.49. The van der Waals surface area contributed by atoms with Crippen LogP contribution in [0.3, 0.4) is 0 Å². The molecule has 0 unspecified atom stereocenters. The average Bonchev–Trinajstić information content (AvgIpc) is 3.61. The van der Waals surface area contributed by atoms with Crippen LogP contribution in [0.1, 0.15) is 47.3 Å². The molecule has 4 aromatic rings. The zero-order valence-electron chi connectivity index (χ0n) is 19.9. The number of pyridine rings is 1. The van der Waals surface area contributed by atoms with Gasteiger partial charge in [0.05, 0.1) is 16.6 Å². The third kappa shape index (κ3) is 3.91. The van der Waals surface area contributed by atoms with Crippen molar-refractivity contribution in [3.63, 3.8) is 0 Å². The number of carbonyl (C=O) groups excluding carboxylic acids is 2. The molecule has 2 aromatic carbocycles. The van der Waals surface area contributed by atoms with Crippen LogP contribution in [-0.2, 0) is 16.8 Å². The van der Waals surface area contributed by atoms with E-state index in [4.69, 9.17) is 5.73 Å². The second-order valence-electron chi connectivity index (χ2n) is 10.0. The summed E-state index contributed by atoms with van der Waals surface area (Å²) in [5, 5.41) is 5.11. The molecule has 1 aliphatic heterocycles. The average molecular weight is 486 g/mol. The van der Waals surface area contributed by atoms with Crippen LogP contribution in [0, 0.1) is 5.82 Å². The van der Waals surface area contributed by atoms with Crippen molar-refractivity contribution in [3.8, 4) is 0 Å². The summed E-state index contributed by atoms with van der Waals surface area (Å²) in [6.07, 6.45) is 4.76. The standard InChI is InChI=1S/C28H28FN5O2/c29-22-4-2-1-3-18(22)16-34-13-8-19(9-14-34)32-26(35)17-5-6-20-21-7-12-31-25(24(21)33-23(20)15-17)28(10-11-28)27(30)36/h1-7,12,15,19,33H,8-11,13-14,16H2,(H2,30,36)(H,32,35). The van der Waals surface area contributed by atoms with Crippen molar-refractivity contribution in [1.29, 1.82) is 0 Å². The van der Waals surface area contributed by atoms with Gasteiger partial charge in [0.2, 0.25) is 5.91 Å². The number of likely N-dealkylation sites (tertiary alicyclic amines) is 1. The molecule has 8 heteroatoms. The smallest absolute Gasteiger partial charge is 0.251 e. The lowest BCUT2D eigenvalue weighted by molar-refractivity contribution is -0.120. The summed E-state index contributed by atoms with van der Waals surface area (Å²) in [7, 11) is 0. The normalized spacial score (nSPS) is 17.9.